The quantitative estimate of drug-likeness (QED) is 0.546. The molecular formula is C16H27N7OS. The van der Waals surface area contributed by atoms with Crippen molar-refractivity contribution in [3.8, 4) is 5.95 Å². The lowest BCUT2D eigenvalue weighted by Crippen LogP contribution is -2.34. The molecule has 0 saturated carbocycles. The molecule has 0 unspecified atom stereocenters. The van der Waals surface area contributed by atoms with Crippen LogP contribution in [0.4, 0.5) is 0 Å². The van der Waals surface area contributed by atoms with Crippen LogP contribution < -0.4 is 11.2 Å². The molecule has 138 valence electrons. The van der Waals surface area contributed by atoms with Gasteiger partial charge in [-0.25, -0.2) is 9.36 Å². The highest BCUT2D eigenvalue weighted by atomic mass is 32.2. The summed E-state index contributed by atoms with van der Waals surface area (Å²) in [6.45, 7) is 10.2. The number of carbonyl (C=O) groups excluding carboxylic acids is 1. The summed E-state index contributed by atoms with van der Waals surface area (Å²) in [4.78, 5) is 12.1. The predicted octanol–water partition coefficient (Wildman–Crippen LogP) is 1.83. The fourth-order valence-corrected chi connectivity index (χ4v) is 3.11. The van der Waals surface area contributed by atoms with Crippen molar-refractivity contribution in [1.29, 1.82) is 0 Å². The number of hydrogen-bond acceptors (Lipinski definition) is 6. The number of nitrogen functional groups attached to an aromatic ring is 1. The highest BCUT2D eigenvalue weighted by molar-refractivity contribution is 7.99. The van der Waals surface area contributed by atoms with Crippen molar-refractivity contribution in [2.24, 2.45) is 5.92 Å². The average molecular weight is 366 g/mol. The molecule has 0 aliphatic rings. The van der Waals surface area contributed by atoms with Crippen LogP contribution in [-0.2, 0) is 4.79 Å². The van der Waals surface area contributed by atoms with E-state index >= 15 is 0 Å². The standard InChI is InChI=1S/C16H27N7OS/c1-10(2)6-7-11(3)18-14(24)9-25-16-20-19-15(22(16)17)23-13(5)8-12(4)21-23/h8,10-11H,6-7,9,17H2,1-5H3,(H,18,24)/t11-/m0/s1. The zero-order valence-corrected chi connectivity index (χ0v) is 16.3. The zero-order chi connectivity index (χ0) is 18.6. The largest absolute Gasteiger partial charge is 0.353 e. The summed E-state index contributed by atoms with van der Waals surface area (Å²) < 4.78 is 3.00. The molecule has 2 heterocycles. The first kappa shape index (κ1) is 19.3. The molecule has 25 heavy (non-hydrogen) atoms. The summed E-state index contributed by atoms with van der Waals surface area (Å²) in [5, 5.41) is 16.0. The SMILES string of the molecule is Cc1cc(C)n(-c2nnc(SCC(=O)N[C@@H](C)CCC(C)C)n2N)n1. The summed E-state index contributed by atoms with van der Waals surface area (Å²) in [5.41, 5.74) is 1.80. The number of amides is 1. The number of rotatable bonds is 8. The number of nitrogens with two attached hydrogens (primary N) is 1. The molecule has 3 N–H and O–H groups in total. The van der Waals surface area contributed by atoms with Gasteiger partial charge in [0.15, 0.2) is 0 Å². The first-order valence-electron chi connectivity index (χ1n) is 8.44. The van der Waals surface area contributed by atoms with Crippen molar-refractivity contribution < 1.29 is 4.79 Å². The Morgan fingerprint density at radius 1 is 1.28 bits per heavy atom. The number of nitrogens with one attached hydrogen (secondary N) is 1. The molecule has 2 rings (SSSR count). The minimum Gasteiger partial charge on any atom is -0.353 e. The second-order valence-corrected chi connectivity index (χ2v) is 7.66. The molecule has 2 aromatic rings. The third-order valence-corrected chi connectivity index (χ3v) is 4.71. The van der Waals surface area contributed by atoms with Crippen LogP contribution in [0.5, 0.6) is 0 Å². The van der Waals surface area contributed by atoms with Gasteiger partial charge in [0.2, 0.25) is 11.1 Å². The summed E-state index contributed by atoms with van der Waals surface area (Å²) in [6.07, 6.45) is 2.07. The van der Waals surface area contributed by atoms with Crippen molar-refractivity contribution in [1.82, 2.24) is 30.0 Å². The Bertz CT molecular complexity index is 722. The number of aromatic nitrogens is 5. The van der Waals surface area contributed by atoms with Gasteiger partial charge in [-0.15, -0.1) is 10.2 Å². The van der Waals surface area contributed by atoms with Crippen molar-refractivity contribution in [2.75, 3.05) is 11.6 Å². The lowest BCUT2D eigenvalue weighted by atomic mass is 10.0. The van der Waals surface area contributed by atoms with Crippen LogP contribution >= 0.6 is 11.8 Å². The zero-order valence-electron chi connectivity index (χ0n) is 15.5. The van der Waals surface area contributed by atoms with Crippen LogP contribution in [0.15, 0.2) is 11.2 Å². The van der Waals surface area contributed by atoms with E-state index in [2.05, 4.69) is 34.5 Å². The molecule has 8 nitrogen and oxygen atoms in total. The maximum absolute atomic E-state index is 12.1. The van der Waals surface area contributed by atoms with Crippen LogP contribution in [0.3, 0.4) is 0 Å². The van der Waals surface area contributed by atoms with Gasteiger partial charge in [-0.2, -0.15) is 5.10 Å². The molecule has 0 aromatic carbocycles. The molecule has 0 saturated heterocycles. The summed E-state index contributed by atoms with van der Waals surface area (Å²) >= 11 is 1.26. The van der Waals surface area contributed by atoms with Gasteiger partial charge in [-0.05, 0) is 45.6 Å². The second-order valence-electron chi connectivity index (χ2n) is 6.72. The van der Waals surface area contributed by atoms with E-state index in [4.69, 9.17) is 5.84 Å². The molecule has 0 aliphatic carbocycles. The van der Waals surface area contributed by atoms with E-state index in [1.165, 1.54) is 16.4 Å². The van der Waals surface area contributed by atoms with Gasteiger partial charge in [0.1, 0.15) is 0 Å². The Balaban J connectivity index is 1.91. The Labute approximate surface area is 152 Å². The van der Waals surface area contributed by atoms with Crippen LogP contribution in [0, 0.1) is 19.8 Å². The molecule has 2 aromatic heterocycles. The highest BCUT2D eigenvalue weighted by Crippen LogP contribution is 2.17. The Morgan fingerprint density at radius 3 is 2.60 bits per heavy atom. The minimum absolute atomic E-state index is 0.0306. The van der Waals surface area contributed by atoms with E-state index in [1.54, 1.807) is 4.68 Å². The van der Waals surface area contributed by atoms with Gasteiger partial charge >= 0.3 is 0 Å². The monoisotopic (exact) mass is 365 g/mol. The molecule has 0 radical (unpaired) electrons. The third kappa shape index (κ3) is 5.22. The molecule has 1 amide bonds. The van der Waals surface area contributed by atoms with Gasteiger partial charge in [0, 0.05) is 11.7 Å². The molecule has 0 spiro atoms. The van der Waals surface area contributed by atoms with Crippen molar-refractivity contribution in [3.63, 3.8) is 0 Å². The minimum atomic E-state index is -0.0306. The summed E-state index contributed by atoms with van der Waals surface area (Å²) in [6, 6.07) is 2.10. The summed E-state index contributed by atoms with van der Waals surface area (Å²) in [5.74, 6) is 7.34. The van der Waals surface area contributed by atoms with Gasteiger partial charge in [0.05, 0.1) is 11.4 Å². The molecule has 9 heteroatoms. The number of carbonyl (C=O) groups is 1. The third-order valence-electron chi connectivity index (χ3n) is 3.76. The molecule has 0 bridgehead atoms. The van der Waals surface area contributed by atoms with Crippen LogP contribution in [0.2, 0.25) is 0 Å². The normalized spacial score (nSPS) is 12.6. The second kappa shape index (κ2) is 8.37. The smallest absolute Gasteiger partial charge is 0.271 e. The van der Waals surface area contributed by atoms with E-state index in [9.17, 15) is 4.79 Å². The molecule has 0 fully saturated rings. The van der Waals surface area contributed by atoms with E-state index in [-0.39, 0.29) is 17.7 Å². The van der Waals surface area contributed by atoms with Gasteiger partial charge < -0.3 is 11.2 Å². The number of hydrogen-bond donors (Lipinski definition) is 2. The van der Waals surface area contributed by atoms with Crippen molar-refractivity contribution in [3.05, 3.63) is 17.5 Å². The van der Waals surface area contributed by atoms with Gasteiger partial charge in [-0.3, -0.25) is 4.79 Å². The molecule has 0 aliphatic heterocycles. The van der Waals surface area contributed by atoms with E-state index < -0.39 is 0 Å². The number of nitrogens with zero attached hydrogens (tertiary/aromatic N) is 5. The van der Waals surface area contributed by atoms with Gasteiger partial charge in [-0.1, -0.05) is 25.6 Å². The fourth-order valence-electron chi connectivity index (χ4n) is 2.45. The first-order valence-corrected chi connectivity index (χ1v) is 9.42. The van der Waals surface area contributed by atoms with Crippen LogP contribution in [-0.4, -0.2) is 42.4 Å². The maximum Gasteiger partial charge on any atom is 0.271 e. The Morgan fingerprint density at radius 2 is 2.00 bits per heavy atom. The van der Waals surface area contributed by atoms with E-state index in [0.717, 1.165) is 24.2 Å². The molecular weight excluding hydrogens is 338 g/mol. The predicted molar refractivity (Wildman–Crippen MR) is 99.2 cm³/mol. The number of aryl methyl sites for hydroxylation is 2. The Kier molecular flexibility index (Phi) is 6.46. The van der Waals surface area contributed by atoms with E-state index in [1.807, 2.05) is 26.8 Å². The maximum atomic E-state index is 12.1. The van der Waals surface area contributed by atoms with Crippen LogP contribution in [0.1, 0.15) is 45.0 Å². The summed E-state index contributed by atoms with van der Waals surface area (Å²) in [7, 11) is 0. The average Bonchev–Trinajstić information content (AvgIpc) is 3.05. The Hall–Kier alpha value is -2.03. The molecule has 1 atom stereocenters. The lowest BCUT2D eigenvalue weighted by Gasteiger charge is -2.14. The highest BCUT2D eigenvalue weighted by Gasteiger charge is 2.16. The van der Waals surface area contributed by atoms with Crippen LogP contribution in [0.25, 0.3) is 5.95 Å². The number of thioether (sulfide) groups is 1. The fraction of sp³-hybridized carbons (Fsp3) is 0.625. The van der Waals surface area contributed by atoms with E-state index in [0.29, 0.717) is 17.0 Å². The first-order chi connectivity index (χ1) is 11.8. The lowest BCUT2D eigenvalue weighted by molar-refractivity contribution is -0.119. The van der Waals surface area contributed by atoms with Gasteiger partial charge in [0.25, 0.3) is 5.95 Å². The van der Waals surface area contributed by atoms with Crippen molar-refractivity contribution in [2.45, 2.75) is 58.7 Å². The topological polar surface area (TPSA) is 104 Å². The van der Waals surface area contributed by atoms with Crippen molar-refractivity contribution >= 4 is 17.7 Å².